The summed E-state index contributed by atoms with van der Waals surface area (Å²) in [6, 6.07) is 7.32. The molecule has 4 nitrogen and oxygen atoms in total. The molecule has 0 radical (unpaired) electrons. The van der Waals surface area contributed by atoms with E-state index in [1.807, 2.05) is 45.0 Å². The van der Waals surface area contributed by atoms with E-state index in [2.05, 4.69) is 10.6 Å². The highest BCUT2D eigenvalue weighted by atomic mass is 35.5. The minimum atomic E-state index is -0.952. The highest BCUT2D eigenvalue weighted by Crippen LogP contribution is 2.14. The second kappa shape index (κ2) is 8.39. The third-order valence-electron chi connectivity index (χ3n) is 2.89. The van der Waals surface area contributed by atoms with Crippen LogP contribution in [0.1, 0.15) is 26.3 Å². The van der Waals surface area contributed by atoms with Gasteiger partial charge in [-0.2, -0.15) is 0 Å². The van der Waals surface area contributed by atoms with Crippen LogP contribution in [-0.2, 0) is 17.2 Å². The molecule has 6 heteroatoms. The molecule has 0 fully saturated rings. The number of rotatable bonds is 6. The van der Waals surface area contributed by atoms with Crippen molar-refractivity contribution < 1.29 is 9.00 Å². The summed E-state index contributed by atoms with van der Waals surface area (Å²) < 4.78 is 11.6. The number of amides is 2. The van der Waals surface area contributed by atoms with Gasteiger partial charge in [0, 0.05) is 39.4 Å². The van der Waals surface area contributed by atoms with Crippen LogP contribution in [-0.4, -0.2) is 33.8 Å². The smallest absolute Gasteiger partial charge is 0.314 e. The van der Waals surface area contributed by atoms with Crippen LogP contribution in [0.4, 0.5) is 4.79 Å². The van der Waals surface area contributed by atoms with Crippen LogP contribution >= 0.6 is 11.6 Å². The summed E-state index contributed by atoms with van der Waals surface area (Å²) in [6.07, 6.45) is 0.682. The molecule has 0 unspecified atom stereocenters. The lowest BCUT2D eigenvalue weighted by molar-refractivity contribution is 0.241. The summed E-state index contributed by atoms with van der Waals surface area (Å²) in [7, 11) is -0.952. The molecule has 118 valence electrons. The van der Waals surface area contributed by atoms with Gasteiger partial charge in [0.2, 0.25) is 0 Å². The number of hydrogen-bond acceptors (Lipinski definition) is 2. The molecule has 0 heterocycles. The van der Waals surface area contributed by atoms with Crippen LogP contribution in [0.2, 0.25) is 5.02 Å². The number of nitrogens with one attached hydrogen (secondary N) is 2. The van der Waals surface area contributed by atoms with Gasteiger partial charge in [-0.05, 0) is 38.8 Å². The fourth-order valence-electron chi connectivity index (χ4n) is 1.64. The normalized spacial score (nSPS) is 12.8. The van der Waals surface area contributed by atoms with Crippen LogP contribution in [0.25, 0.3) is 0 Å². The van der Waals surface area contributed by atoms with Crippen LogP contribution in [0.5, 0.6) is 0 Å². The summed E-state index contributed by atoms with van der Waals surface area (Å²) in [5.41, 5.74) is 1.01. The number of hydrogen-bond donors (Lipinski definition) is 2. The summed E-state index contributed by atoms with van der Waals surface area (Å²) in [6.45, 7) is 6.69. The zero-order valence-electron chi connectivity index (χ0n) is 12.7. The van der Waals surface area contributed by atoms with Crippen molar-refractivity contribution >= 4 is 28.4 Å². The summed E-state index contributed by atoms with van der Waals surface area (Å²) >= 11 is 6.04. The van der Waals surface area contributed by atoms with Gasteiger partial charge in [-0.25, -0.2) is 4.79 Å². The van der Waals surface area contributed by atoms with Crippen LogP contribution in [0.15, 0.2) is 24.3 Å². The quantitative estimate of drug-likeness (QED) is 0.842. The molecule has 1 aromatic rings. The maximum Gasteiger partial charge on any atom is 0.314 e. The molecular formula is C15H23ClN2O2S. The first-order valence-corrected chi connectivity index (χ1v) is 8.64. The van der Waals surface area contributed by atoms with Crippen molar-refractivity contribution in [2.45, 2.75) is 31.9 Å². The number of carbonyl (C=O) groups is 1. The molecule has 2 N–H and O–H groups in total. The Hall–Kier alpha value is -1.07. The number of halogens is 1. The Balaban J connectivity index is 2.20. The first-order valence-electron chi connectivity index (χ1n) is 6.94. The Morgan fingerprint density at radius 3 is 2.43 bits per heavy atom. The summed E-state index contributed by atoms with van der Waals surface area (Å²) in [4.78, 5) is 11.6. The van der Waals surface area contributed by atoms with E-state index in [4.69, 9.17) is 11.6 Å². The van der Waals surface area contributed by atoms with Gasteiger partial charge in [-0.3, -0.25) is 4.21 Å². The van der Waals surface area contributed by atoms with Gasteiger partial charge < -0.3 is 10.6 Å². The molecule has 0 aliphatic carbocycles. The molecule has 0 aliphatic heterocycles. The summed E-state index contributed by atoms with van der Waals surface area (Å²) in [5.74, 6) is 0.460. The Labute approximate surface area is 134 Å². The third-order valence-corrected chi connectivity index (χ3v) is 5.20. The van der Waals surface area contributed by atoms with E-state index in [-0.39, 0.29) is 10.8 Å². The standard InChI is InChI=1S/C15H23ClN2O2S/c1-15(2,3)21(20)11-10-18-14(19)17-9-8-12-6-4-5-7-13(12)16/h4-7H,8-11H2,1-3H3,(H2,17,18,19)/t21-/m1/s1. The van der Waals surface area contributed by atoms with Gasteiger partial charge in [0.25, 0.3) is 0 Å². The van der Waals surface area contributed by atoms with Crippen molar-refractivity contribution in [2.24, 2.45) is 0 Å². The molecule has 1 rings (SSSR count). The molecular weight excluding hydrogens is 308 g/mol. The van der Waals surface area contributed by atoms with Crippen molar-refractivity contribution in [2.75, 3.05) is 18.8 Å². The van der Waals surface area contributed by atoms with Crippen molar-refractivity contribution in [3.8, 4) is 0 Å². The van der Waals surface area contributed by atoms with Crippen molar-refractivity contribution in [1.29, 1.82) is 0 Å². The van der Waals surface area contributed by atoms with Crippen LogP contribution < -0.4 is 10.6 Å². The largest absolute Gasteiger partial charge is 0.338 e. The van der Waals surface area contributed by atoms with Gasteiger partial charge >= 0.3 is 6.03 Å². The van der Waals surface area contributed by atoms with E-state index in [9.17, 15) is 9.00 Å². The van der Waals surface area contributed by atoms with Gasteiger partial charge in [0.05, 0.1) is 0 Å². The molecule has 0 aromatic heterocycles. The molecule has 2 amide bonds. The van der Waals surface area contributed by atoms with Gasteiger partial charge in [0.15, 0.2) is 0 Å². The van der Waals surface area contributed by atoms with E-state index in [1.54, 1.807) is 0 Å². The average molecular weight is 331 g/mol. The predicted octanol–water partition coefficient (Wildman–Crippen LogP) is 2.73. The van der Waals surface area contributed by atoms with Crippen LogP contribution in [0.3, 0.4) is 0 Å². The topological polar surface area (TPSA) is 58.2 Å². The molecule has 1 aromatic carbocycles. The van der Waals surface area contributed by atoms with Crippen molar-refractivity contribution in [3.05, 3.63) is 34.9 Å². The molecule has 0 saturated heterocycles. The minimum Gasteiger partial charge on any atom is -0.338 e. The molecule has 21 heavy (non-hydrogen) atoms. The van der Waals surface area contributed by atoms with Gasteiger partial charge in [-0.1, -0.05) is 29.8 Å². The van der Waals surface area contributed by atoms with Gasteiger partial charge in [0.1, 0.15) is 0 Å². The molecule has 0 saturated carbocycles. The lowest BCUT2D eigenvalue weighted by Gasteiger charge is -2.17. The lowest BCUT2D eigenvalue weighted by atomic mass is 10.1. The number of urea groups is 1. The van der Waals surface area contributed by atoms with E-state index in [1.165, 1.54) is 0 Å². The predicted molar refractivity (Wildman–Crippen MR) is 89.3 cm³/mol. The number of carbonyl (C=O) groups excluding carboxylic acids is 1. The number of benzene rings is 1. The Morgan fingerprint density at radius 2 is 1.81 bits per heavy atom. The van der Waals surface area contributed by atoms with E-state index in [0.29, 0.717) is 30.3 Å². The summed E-state index contributed by atoms with van der Waals surface area (Å²) in [5, 5.41) is 6.18. The fourth-order valence-corrected chi connectivity index (χ4v) is 2.77. The zero-order chi connectivity index (χ0) is 15.9. The Morgan fingerprint density at radius 1 is 1.19 bits per heavy atom. The fraction of sp³-hybridized carbons (Fsp3) is 0.533. The van der Waals surface area contributed by atoms with Gasteiger partial charge in [-0.15, -0.1) is 0 Å². The first kappa shape index (κ1) is 18.0. The lowest BCUT2D eigenvalue weighted by Crippen LogP contribution is -2.39. The maximum absolute atomic E-state index is 11.8. The highest BCUT2D eigenvalue weighted by Gasteiger charge is 2.18. The second-order valence-corrected chi connectivity index (χ2v) is 8.42. The average Bonchev–Trinajstić information content (AvgIpc) is 2.39. The monoisotopic (exact) mass is 330 g/mol. The maximum atomic E-state index is 11.8. The highest BCUT2D eigenvalue weighted by molar-refractivity contribution is 7.86. The van der Waals surface area contributed by atoms with Crippen LogP contribution in [0, 0.1) is 0 Å². The van der Waals surface area contributed by atoms with Crippen molar-refractivity contribution in [3.63, 3.8) is 0 Å². The van der Waals surface area contributed by atoms with E-state index in [0.717, 1.165) is 5.56 Å². The van der Waals surface area contributed by atoms with E-state index < -0.39 is 10.8 Å². The SMILES string of the molecule is CC(C)(C)[S@](=O)CCNC(=O)NCCc1ccccc1Cl. The Bertz CT molecular complexity index is 501. The molecule has 0 aliphatic rings. The zero-order valence-corrected chi connectivity index (χ0v) is 14.3. The minimum absolute atomic E-state index is 0.243. The van der Waals surface area contributed by atoms with E-state index >= 15 is 0 Å². The first-order chi connectivity index (χ1) is 9.80. The third kappa shape index (κ3) is 6.96. The molecule has 1 atom stereocenters. The second-order valence-electron chi connectivity index (χ2n) is 5.69. The molecule has 0 bridgehead atoms. The Kier molecular flexibility index (Phi) is 7.18. The van der Waals surface area contributed by atoms with Crippen molar-refractivity contribution in [1.82, 2.24) is 10.6 Å². The molecule has 0 spiro atoms.